The van der Waals surface area contributed by atoms with Crippen LogP contribution in [0.1, 0.15) is 30.0 Å². The third-order valence-corrected chi connectivity index (χ3v) is 2.86. The van der Waals surface area contributed by atoms with Crippen LogP contribution in [0, 0.1) is 0 Å². The highest BCUT2D eigenvalue weighted by Gasteiger charge is 2.16. The summed E-state index contributed by atoms with van der Waals surface area (Å²) in [7, 11) is 2.67. The van der Waals surface area contributed by atoms with E-state index >= 15 is 0 Å². The number of esters is 2. The molecule has 0 atom stereocenters. The van der Waals surface area contributed by atoms with Crippen molar-refractivity contribution in [1.82, 2.24) is 9.88 Å². The number of aromatic nitrogens is 1. The Morgan fingerprint density at radius 1 is 1.25 bits per heavy atom. The lowest BCUT2D eigenvalue weighted by Crippen LogP contribution is -2.36. The number of carbonyl (C=O) groups excluding carboxylic acids is 2. The second-order valence-electron chi connectivity index (χ2n) is 4.58. The lowest BCUT2D eigenvalue weighted by Gasteiger charge is -2.24. The van der Waals surface area contributed by atoms with E-state index in [1.165, 1.54) is 14.2 Å². The molecule has 0 aliphatic carbocycles. The van der Waals surface area contributed by atoms with Crippen molar-refractivity contribution in [2.75, 3.05) is 20.8 Å². The minimum Gasteiger partial charge on any atom is -0.468 e. The van der Waals surface area contributed by atoms with Gasteiger partial charge in [0.05, 0.1) is 26.5 Å². The number of methoxy groups -OCH3 is 2. The first kappa shape index (κ1) is 16.1. The Morgan fingerprint density at radius 3 is 2.50 bits per heavy atom. The van der Waals surface area contributed by atoms with E-state index in [9.17, 15) is 9.59 Å². The normalized spacial score (nSPS) is 10.7. The Kier molecular flexibility index (Phi) is 6.11. The molecule has 0 saturated heterocycles. The van der Waals surface area contributed by atoms with Gasteiger partial charge in [-0.05, 0) is 26.0 Å². The van der Waals surface area contributed by atoms with Crippen molar-refractivity contribution in [3.63, 3.8) is 0 Å². The van der Waals surface area contributed by atoms with Gasteiger partial charge in [-0.25, -0.2) is 9.78 Å². The van der Waals surface area contributed by atoms with Crippen LogP contribution in [0.3, 0.4) is 0 Å². The number of nitrogens with zero attached hydrogens (tertiary/aromatic N) is 2. The molecular formula is C14H20N2O4. The molecule has 0 fully saturated rings. The van der Waals surface area contributed by atoms with E-state index in [-0.39, 0.29) is 24.2 Å². The molecule has 6 heteroatoms. The molecule has 20 heavy (non-hydrogen) atoms. The zero-order valence-corrected chi connectivity index (χ0v) is 12.3. The van der Waals surface area contributed by atoms with Gasteiger partial charge in [-0.15, -0.1) is 0 Å². The van der Waals surface area contributed by atoms with Crippen molar-refractivity contribution in [3.05, 3.63) is 29.6 Å². The molecule has 110 valence electrons. The van der Waals surface area contributed by atoms with Gasteiger partial charge in [-0.1, -0.05) is 6.07 Å². The van der Waals surface area contributed by atoms with Gasteiger partial charge in [0, 0.05) is 12.6 Å². The SMILES string of the molecule is COC(=O)CN(Cc1cccc(C(=O)OC)n1)C(C)C. The Bertz CT molecular complexity index is 474. The van der Waals surface area contributed by atoms with Crippen LogP contribution in [0.25, 0.3) is 0 Å². The lowest BCUT2D eigenvalue weighted by atomic mass is 10.2. The molecular weight excluding hydrogens is 260 g/mol. The largest absolute Gasteiger partial charge is 0.468 e. The van der Waals surface area contributed by atoms with Gasteiger partial charge in [0.15, 0.2) is 0 Å². The molecule has 0 aliphatic rings. The quantitative estimate of drug-likeness (QED) is 0.731. The first-order chi connectivity index (χ1) is 9.47. The Morgan fingerprint density at radius 2 is 1.95 bits per heavy atom. The minimum atomic E-state index is -0.476. The van der Waals surface area contributed by atoms with Crippen molar-refractivity contribution >= 4 is 11.9 Å². The molecule has 0 aromatic carbocycles. The van der Waals surface area contributed by atoms with Gasteiger partial charge in [-0.2, -0.15) is 0 Å². The van der Waals surface area contributed by atoms with E-state index in [0.29, 0.717) is 12.2 Å². The highest BCUT2D eigenvalue weighted by molar-refractivity contribution is 5.87. The molecule has 1 aromatic heterocycles. The number of pyridine rings is 1. The van der Waals surface area contributed by atoms with Crippen LogP contribution >= 0.6 is 0 Å². The molecule has 0 N–H and O–H groups in total. The van der Waals surface area contributed by atoms with E-state index < -0.39 is 5.97 Å². The maximum Gasteiger partial charge on any atom is 0.356 e. The zero-order valence-electron chi connectivity index (χ0n) is 12.3. The predicted molar refractivity (Wildman–Crippen MR) is 73.1 cm³/mol. The standard InChI is InChI=1S/C14H20N2O4/c1-10(2)16(9-13(17)19-3)8-11-6-5-7-12(15-11)14(18)20-4/h5-7,10H,8-9H2,1-4H3. The number of rotatable bonds is 6. The summed E-state index contributed by atoms with van der Waals surface area (Å²) < 4.78 is 9.31. The molecule has 1 rings (SSSR count). The van der Waals surface area contributed by atoms with Crippen LogP contribution in [0.2, 0.25) is 0 Å². The molecule has 0 saturated carbocycles. The highest BCUT2D eigenvalue weighted by Crippen LogP contribution is 2.08. The van der Waals surface area contributed by atoms with Crippen LogP contribution < -0.4 is 0 Å². The summed E-state index contributed by atoms with van der Waals surface area (Å²) in [5.74, 6) is -0.779. The summed E-state index contributed by atoms with van der Waals surface area (Å²) in [6.45, 7) is 4.59. The van der Waals surface area contributed by atoms with Gasteiger partial charge in [0.2, 0.25) is 0 Å². The molecule has 1 aromatic rings. The fraction of sp³-hybridized carbons (Fsp3) is 0.500. The predicted octanol–water partition coefficient (Wildman–Crippen LogP) is 1.25. The highest BCUT2D eigenvalue weighted by atomic mass is 16.5. The molecule has 0 amide bonds. The maximum atomic E-state index is 11.4. The first-order valence-corrected chi connectivity index (χ1v) is 6.33. The van der Waals surface area contributed by atoms with Gasteiger partial charge < -0.3 is 9.47 Å². The molecule has 0 bridgehead atoms. The van der Waals surface area contributed by atoms with Crippen molar-refractivity contribution in [1.29, 1.82) is 0 Å². The molecule has 0 radical (unpaired) electrons. The Hall–Kier alpha value is -1.95. The van der Waals surface area contributed by atoms with E-state index in [4.69, 9.17) is 0 Å². The first-order valence-electron chi connectivity index (χ1n) is 6.33. The number of hydrogen-bond acceptors (Lipinski definition) is 6. The molecule has 0 spiro atoms. The third-order valence-electron chi connectivity index (χ3n) is 2.86. The molecule has 6 nitrogen and oxygen atoms in total. The lowest BCUT2D eigenvalue weighted by molar-refractivity contribution is -0.142. The van der Waals surface area contributed by atoms with E-state index in [0.717, 1.165) is 0 Å². The topological polar surface area (TPSA) is 68.7 Å². The monoisotopic (exact) mass is 280 g/mol. The smallest absolute Gasteiger partial charge is 0.356 e. The second kappa shape index (κ2) is 7.59. The van der Waals surface area contributed by atoms with Crippen molar-refractivity contribution in [2.24, 2.45) is 0 Å². The van der Waals surface area contributed by atoms with E-state index in [2.05, 4.69) is 14.5 Å². The average Bonchev–Trinajstić information content (AvgIpc) is 2.45. The molecule has 0 unspecified atom stereocenters. The van der Waals surface area contributed by atoms with Crippen LogP contribution in [0.4, 0.5) is 0 Å². The molecule has 1 heterocycles. The zero-order chi connectivity index (χ0) is 15.1. The third kappa shape index (κ3) is 4.62. The fourth-order valence-corrected chi connectivity index (χ4v) is 1.65. The average molecular weight is 280 g/mol. The Balaban J connectivity index is 2.83. The van der Waals surface area contributed by atoms with E-state index in [1.807, 2.05) is 18.7 Å². The maximum absolute atomic E-state index is 11.4. The van der Waals surface area contributed by atoms with Crippen molar-refractivity contribution < 1.29 is 19.1 Å². The Labute approximate surface area is 118 Å². The van der Waals surface area contributed by atoms with Crippen LogP contribution in [0.15, 0.2) is 18.2 Å². The summed E-state index contributed by atoms with van der Waals surface area (Å²) in [5.41, 5.74) is 0.956. The number of ether oxygens (including phenoxy) is 2. The van der Waals surface area contributed by atoms with Crippen molar-refractivity contribution in [2.45, 2.75) is 26.4 Å². The van der Waals surface area contributed by atoms with Gasteiger partial charge >= 0.3 is 11.9 Å². The summed E-state index contributed by atoms with van der Waals surface area (Å²) >= 11 is 0. The van der Waals surface area contributed by atoms with Crippen LogP contribution in [-0.4, -0.2) is 48.6 Å². The summed E-state index contributed by atoms with van der Waals surface area (Å²) in [4.78, 5) is 29.0. The fourth-order valence-electron chi connectivity index (χ4n) is 1.65. The van der Waals surface area contributed by atoms with Crippen molar-refractivity contribution in [3.8, 4) is 0 Å². The van der Waals surface area contributed by atoms with Crippen LogP contribution in [0.5, 0.6) is 0 Å². The number of hydrogen-bond donors (Lipinski definition) is 0. The summed E-state index contributed by atoms with van der Waals surface area (Å²) in [6.07, 6.45) is 0. The summed E-state index contributed by atoms with van der Waals surface area (Å²) in [6, 6.07) is 5.29. The second-order valence-corrected chi connectivity index (χ2v) is 4.58. The van der Waals surface area contributed by atoms with E-state index in [1.54, 1.807) is 18.2 Å². The van der Waals surface area contributed by atoms with Gasteiger partial charge in [0.25, 0.3) is 0 Å². The van der Waals surface area contributed by atoms with Gasteiger partial charge in [-0.3, -0.25) is 9.69 Å². The molecule has 0 aliphatic heterocycles. The number of carbonyl (C=O) groups is 2. The summed E-state index contributed by atoms with van der Waals surface area (Å²) in [5, 5.41) is 0. The van der Waals surface area contributed by atoms with Gasteiger partial charge in [0.1, 0.15) is 5.69 Å². The van der Waals surface area contributed by atoms with Crippen LogP contribution in [-0.2, 0) is 20.8 Å². The minimum absolute atomic E-state index is 0.151.